The number of hydrogen-bond acceptors (Lipinski definition) is 5. The molecule has 0 radical (unpaired) electrons. The average Bonchev–Trinajstić information content (AvgIpc) is 2.74. The predicted molar refractivity (Wildman–Crippen MR) is 109 cm³/mol. The van der Waals surface area contributed by atoms with Crippen molar-refractivity contribution in [1.29, 1.82) is 5.41 Å². The molecule has 4 rings (SSSR count). The smallest absolute Gasteiger partial charge is 0.341 e. The van der Waals surface area contributed by atoms with Crippen molar-refractivity contribution in [1.82, 2.24) is 14.0 Å². The van der Waals surface area contributed by atoms with E-state index in [0.29, 0.717) is 24.3 Å². The molecule has 0 bridgehead atoms. The van der Waals surface area contributed by atoms with Gasteiger partial charge in [0.05, 0.1) is 12.0 Å². The van der Waals surface area contributed by atoms with Crippen LogP contribution in [0.2, 0.25) is 0 Å². The van der Waals surface area contributed by atoms with Crippen molar-refractivity contribution >= 4 is 22.6 Å². The molecule has 0 unspecified atom stereocenters. The Balaban J connectivity index is 1.96. The lowest BCUT2D eigenvalue weighted by Gasteiger charge is -2.14. The largest absolute Gasteiger partial charge is 0.462 e. The molecule has 0 spiro atoms. The van der Waals surface area contributed by atoms with Crippen molar-refractivity contribution in [2.45, 2.75) is 19.9 Å². The molecule has 1 aromatic carbocycles. The first kappa shape index (κ1) is 18.6. The summed E-state index contributed by atoms with van der Waals surface area (Å²) in [6.07, 6.45) is 2.27. The van der Waals surface area contributed by atoms with Gasteiger partial charge in [0.15, 0.2) is 0 Å². The van der Waals surface area contributed by atoms with Gasteiger partial charge in [0.1, 0.15) is 22.3 Å². The van der Waals surface area contributed by atoms with Crippen LogP contribution in [-0.2, 0) is 17.7 Å². The summed E-state index contributed by atoms with van der Waals surface area (Å²) in [5.74, 6) is -0.620. The Morgan fingerprint density at radius 2 is 1.90 bits per heavy atom. The second-order valence-corrected chi connectivity index (χ2v) is 6.60. The second kappa shape index (κ2) is 7.71. The normalized spacial score (nSPS) is 11.1. The summed E-state index contributed by atoms with van der Waals surface area (Å²) in [6, 6.07) is 16.6. The fourth-order valence-corrected chi connectivity index (χ4v) is 3.35. The van der Waals surface area contributed by atoms with Gasteiger partial charge in [0.25, 0.3) is 5.56 Å². The molecule has 1 N–H and O–H groups in total. The van der Waals surface area contributed by atoms with E-state index in [0.717, 1.165) is 5.56 Å². The minimum atomic E-state index is -0.620. The number of aromatic nitrogens is 3. The summed E-state index contributed by atoms with van der Waals surface area (Å²) in [4.78, 5) is 30.1. The molecule has 3 heterocycles. The van der Waals surface area contributed by atoms with Gasteiger partial charge in [-0.2, -0.15) is 0 Å². The van der Waals surface area contributed by atoms with Crippen molar-refractivity contribution in [3.63, 3.8) is 0 Å². The third-order valence-corrected chi connectivity index (χ3v) is 4.78. The molecule has 4 aromatic rings. The van der Waals surface area contributed by atoms with Gasteiger partial charge < -0.3 is 9.30 Å². The van der Waals surface area contributed by atoms with E-state index in [-0.39, 0.29) is 28.6 Å². The van der Waals surface area contributed by atoms with E-state index < -0.39 is 5.97 Å². The Bertz CT molecular complexity index is 1320. The minimum Gasteiger partial charge on any atom is -0.462 e. The minimum absolute atomic E-state index is 0.0148. The Kier molecular flexibility index (Phi) is 4.95. The standard InChI is InChI=1S/C22H20N4O3/c1-2-29-22(28)16-14-17-20(24-18-10-6-7-12-25(18)21(17)27)26(19(16)23)13-11-15-8-4-3-5-9-15/h3-10,12,14,23H,2,11,13H2,1H3. The molecule has 0 atom stereocenters. The number of benzene rings is 1. The first-order chi connectivity index (χ1) is 14.1. The molecule has 0 aliphatic carbocycles. The zero-order valence-electron chi connectivity index (χ0n) is 16.0. The number of carbonyl (C=O) groups is 1. The van der Waals surface area contributed by atoms with Gasteiger partial charge >= 0.3 is 5.97 Å². The van der Waals surface area contributed by atoms with E-state index in [1.807, 2.05) is 30.3 Å². The molecule has 0 aliphatic rings. The first-order valence-electron chi connectivity index (χ1n) is 9.40. The van der Waals surface area contributed by atoms with Crippen LogP contribution in [-0.4, -0.2) is 26.5 Å². The Labute approximate surface area is 166 Å². The Morgan fingerprint density at radius 3 is 2.66 bits per heavy atom. The number of carbonyl (C=O) groups excluding carboxylic acids is 1. The molecule has 3 aromatic heterocycles. The number of nitrogens with zero attached hydrogens (tertiary/aromatic N) is 3. The number of esters is 1. The van der Waals surface area contributed by atoms with Gasteiger partial charge in [-0.1, -0.05) is 36.4 Å². The summed E-state index contributed by atoms with van der Waals surface area (Å²) >= 11 is 0. The van der Waals surface area contributed by atoms with Crippen molar-refractivity contribution in [2.24, 2.45) is 0 Å². The summed E-state index contributed by atoms with van der Waals surface area (Å²) < 4.78 is 8.15. The number of hydrogen-bond donors (Lipinski definition) is 1. The summed E-state index contributed by atoms with van der Waals surface area (Å²) in [6.45, 7) is 2.30. The number of aryl methyl sites for hydroxylation is 2. The van der Waals surface area contributed by atoms with Crippen LogP contribution in [0, 0.1) is 5.41 Å². The summed E-state index contributed by atoms with van der Waals surface area (Å²) in [7, 11) is 0. The van der Waals surface area contributed by atoms with E-state index in [4.69, 9.17) is 10.1 Å². The average molecular weight is 388 g/mol. The SMILES string of the molecule is CCOC(=O)c1cc2c(=O)n3ccccc3nc2n(CCc2ccccc2)c1=N. The van der Waals surface area contributed by atoms with Crippen LogP contribution in [0.3, 0.4) is 0 Å². The molecule has 0 fully saturated rings. The van der Waals surface area contributed by atoms with Gasteiger partial charge in [-0.3, -0.25) is 14.6 Å². The van der Waals surface area contributed by atoms with Crippen molar-refractivity contribution in [2.75, 3.05) is 6.61 Å². The van der Waals surface area contributed by atoms with E-state index in [1.54, 1.807) is 35.9 Å². The Morgan fingerprint density at radius 1 is 1.14 bits per heavy atom. The maximum atomic E-state index is 13.1. The molecule has 0 amide bonds. The molecule has 7 heteroatoms. The maximum Gasteiger partial charge on any atom is 0.341 e. The summed E-state index contributed by atoms with van der Waals surface area (Å²) in [5, 5.41) is 8.87. The number of ether oxygens (including phenoxy) is 1. The van der Waals surface area contributed by atoms with E-state index in [9.17, 15) is 9.59 Å². The van der Waals surface area contributed by atoms with Crippen LogP contribution in [0.4, 0.5) is 0 Å². The van der Waals surface area contributed by atoms with Crippen LogP contribution in [0.25, 0.3) is 16.7 Å². The maximum absolute atomic E-state index is 13.1. The number of pyridine rings is 2. The van der Waals surface area contributed by atoms with Crippen LogP contribution < -0.4 is 11.0 Å². The third-order valence-electron chi connectivity index (χ3n) is 4.78. The lowest BCUT2D eigenvalue weighted by Crippen LogP contribution is -2.31. The van der Waals surface area contributed by atoms with Crippen LogP contribution in [0.15, 0.2) is 65.6 Å². The van der Waals surface area contributed by atoms with Gasteiger partial charge in [-0.15, -0.1) is 0 Å². The number of fused-ring (bicyclic) bond motifs is 2. The van der Waals surface area contributed by atoms with Crippen molar-refractivity contribution in [3.8, 4) is 0 Å². The molecule has 0 aliphatic heterocycles. The lowest BCUT2D eigenvalue weighted by molar-refractivity contribution is 0.0523. The van der Waals surface area contributed by atoms with Gasteiger partial charge in [0.2, 0.25) is 0 Å². The monoisotopic (exact) mass is 388 g/mol. The van der Waals surface area contributed by atoms with E-state index in [2.05, 4.69) is 4.98 Å². The highest BCUT2D eigenvalue weighted by molar-refractivity contribution is 5.93. The molecule has 0 saturated carbocycles. The number of nitrogens with one attached hydrogen (secondary N) is 1. The van der Waals surface area contributed by atoms with E-state index >= 15 is 0 Å². The van der Waals surface area contributed by atoms with Crippen LogP contribution in [0.1, 0.15) is 22.8 Å². The van der Waals surface area contributed by atoms with Crippen molar-refractivity contribution < 1.29 is 9.53 Å². The van der Waals surface area contributed by atoms with Gasteiger partial charge in [-0.05, 0) is 37.1 Å². The zero-order valence-corrected chi connectivity index (χ0v) is 16.0. The van der Waals surface area contributed by atoms with Gasteiger partial charge in [-0.25, -0.2) is 9.78 Å². The molecule has 0 saturated heterocycles. The topological polar surface area (TPSA) is 89.4 Å². The molecular weight excluding hydrogens is 368 g/mol. The summed E-state index contributed by atoms with van der Waals surface area (Å²) in [5.41, 5.74) is 1.72. The van der Waals surface area contributed by atoms with Crippen LogP contribution >= 0.6 is 0 Å². The van der Waals surface area contributed by atoms with Crippen molar-refractivity contribution in [3.05, 3.63) is 87.8 Å². The molecule has 29 heavy (non-hydrogen) atoms. The lowest BCUT2D eigenvalue weighted by atomic mass is 10.1. The zero-order chi connectivity index (χ0) is 20.4. The fourth-order valence-electron chi connectivity index (χ4n) is 3.35. The van der Waals surface area contributed by atoms with Gasteiger partial charge in [0, 0.05) is 12.7 Å². The molecule has 146 valence electrons. The third kappa shape index (κ3) is 3.42. The molecule has 7 nitrogen and oxygen atoms in total. The predicted octanol–water partition coefficient (Wildman–Crippen LogP) is 2.55. The second-order valence-electron chi connectivity index (χ2n) is 6.60. The van der Waals surface area contributed by atoms with Crippen LogP contribution in [0.5, 0.6) is 0 Å². The highest BCUT2D eigenvalue weighted by atomic mass is 16.5. The fraction of sp³-hybridized carbons (Fsp3) is 0.182. The first-order valence-corrected chi connectivity index (χ1v) is 9.40. The quantitative estimate of drug-likeness (QED) is 0.420. The Hall–Kier alpha value is -3.74. The highest BCUT2D eigenvalue weighted by Crippen LogP contribution is 2.12. The van der Waals surface area contributed by atoms with E-state index in [1.165, 1.54) is 10.5 Å². The highest BCUT2D eigenvalue weighted by Gasteiger charge is 2.18. The molecular formula is C22H20N4O3. The number of rotatable bonds is 5.